The highest BCUT2D eigenvalue weighted by Gasteiger charge is 2.32. The van der Waals surface area contributed by atoms with Crippen LogP contribution in [-0.2, 0) is 0 Å². The average molecular weight is 169 g/mol. The molecule has 1 aliphatic carbocycles. The van der Waals surface area contributed by atoms with Crippen LogP contribution in [0.4, 0.5) is 0 Å². The molecular weight excluding hydrogens is 146 g/mol. The lowest BCUT2D eigenvalue weighted by Gasteiger charge is -2.35. The van der Waals surface area contributed by atoms with Crippen LogP contribution in [0.5, 0.6) is 0 Å². The van der Waals surface area contributed by atoms with Crippen molar-refractivity contribution in [1.29, 1.82) is 0 Å². The molecule has 1 heteroatoms. The first kappa shape index (κ1) is 10.0. The zero-order chi connectivity index (χ0) is 9.19. The lowest BCUT2D eigenvalue weighted by atomic mass is 9.78. The van der Waals surface area contributed by atoms with Crippen molar-refractivity contribution in [2.45, 2.75) is 52.5 Å². The highest BCUT2D eigenvalue weighted by atomic mass is 14.9. The van der Waals surface area contributed by atoms with Gasteiger partial charge in [0.1, 0.15) is 0 Å². The summed E-state index contributed by atoms with van der Waals surface area (Å²) in [7, 11) is 2.11. The van der Waals surface area contributed by atoms with Gasteiger partial charge in [-0.2, -0.15) is 0 Å². The summed E-state index contributed by atoms with van der Waals surface area (Å²) in [5.74, 6) is 0.926. The van der Waals surface area contributed by atoms with Crippen molar-refractivity contribution in [3.05, 3.63) is 0 Å². The molecule has 0 aliphatic heterocycles. The third-order valence-electron chi connectivity index (χ3n) is 3.12. The van der Waals surface area contributed by atoms with Gasteiger partial charge in [0.05, 0.1) is 0 Å². The Morgan fingerprint density at radius 3 is 2.00 bits per heavy atom. The molecule has 1 unspecified atom stereocenters. The zero-order valence-electron chi connectivity index (χ0n) is 8.98. The molecule has 0 aromatic heterocycles. The summed E-state index contributed by atoms with van der Waals surface area (Å²) in [5, 5.41) is 3.48. The van der Waals surface area contributed by atoms with E-state index >= 15 is 0 Å². The van der Waals surface area contributed by atoms with E-state index in [2.05, 4.69) is 33.1 Å². The lowest BCUT2D eigenvalue weighted by Crippen LogP contribution is -2.43. The Morgan fingerprint density at radius 2 is 1.67 bits per heavy atom. The van der Waals surface area contributed by atoms with Gasteiger partial charge in [0, 0.05) is 6.04 Å². The topological polar surface area (TPSA) is 12.0 Å². The Balaban J connectivity index is 2.54. The van der Waals surface area contributed by atoms with Gasteiger partial charge in [-0.25, -0.2) is 0 Å². The monoisotopic (exact) mass is 169 g/mol. The van der Waals surface area contributed by atoms with Crippen molar-refractivity contribution in [1.82, 2.24) is 5.32 Å². The van der Waals surface area contributed by atoms with Crippen LogP contribution >= 0.6 is 0 Å². The van der Waals surface area contributed by atoms with Crippen molar-refractivity contribution in [2.24, 2.45) is 11.3 Å². The van der Waals surface area contributed by atoms with Crippen molar-refractivity contribution < 1.29 is 0 Å². The Bertz CT molecular complexity index is 128. The van der Waals surface area contributed by atoms with E-state index in [1.165, 1.54) is 25.7 Å². The largest absolute Gasteiger partial charge is 0.316 e. The van der Waals surface area contributed by atoms with E-state index in [-0.39, 0.29) is 0 Å². The van der Waals surface area contributed by atoms with E-state index < -0.39 is 0 Å². The lowest BCUT2D eigenvalue weighted by molar-refractivity contribution is 0.204. The summed E-state index contributed by atoms with van der Waals surface area (Å²) in [6, 6.07) is 0.708. The third kappa shape index (κ3) is 2.22. The zero-order valence-corrected chi connectivity index (χ0v) is 8.98. The first-order valence-corrected chi connectivity index (χ1v) is 5.23. The minimum atomic E-state index is 0.420. The molecule has 0 bridgehead atoms. The van der Waals surface area contributed by atoms with Crippen molar-refractivity contribution in [3.63, 3.8) is 0 Å². The number of nitrogens with one attached hydrogen (secondary N) is 1. The molecule has 1 aliphatic rings. The second-order valence-corrected chi connectivity index (χ2v) is 5.18. The summed E-state index contributed by atoms with van der Waals surface area (Å²) >= 11 is 0. The standard InChI is InChI=1S/C11H23N/c1-11(2,3)10(12-4)9-7-5-6-8-9/h9-10,12H,5-8H2,1-4H3. The molecule has 1 atom stereocenters. The summed E-state index contributed by atoms with van der Waals surface area (Å²) < 4.78 is 0. The Kier molecular flexibility index (Phi) is 3.16. The molecule has 0 aromatic rings. The van der Waals surface area contributed by atoms with Gasteiger partial charge >= 0.3 is 0 Å². The smallest absolute Gasteiger partial charge is 0.0141 e. The maximum Gasteiger partial charge on any atom is 0.0141 e. The summed E-state index contributed by atoms with van der Waals surface area (Å²) in [6.45, 7) is 7.02. The highest BCUT2D eigenvalue weighted by Crippen LogP contribution is 2.35. The van der Waals surface area contributed by atoms with Crippen molar-refractivity contribution >= 4 is 0 Å². The van der Waals surface area contributed by atoms with Gasteiger partial charge in [-0.3, -0.25) is 0 Å². The number of rotatable bonds is 2. The fourth-order valence-electron chi connectivity index (χ4n) is 2.67. The fraction of sp³-hybridized carbons (Fsp3) is 1.00. The van der Waals surface area contributed by atoms with E-state index in [0.29, 0.717) is 11.5 Å². The van der Waals surface area contributed by atoms with E-state index in [9.17, 15) is 0 Å². The van der Waals surface area contributed by atoms with Crippen LogP contribution in [-0.4, -0.2) is 13.1 Å². The van der Waals surface area contributed by atoms with Crippen LogP contribution in [0, 0.1) is 11.3 Å². The molecule has 72 valence electrons. The average Bonchev–Trinajstić information content (AvgIpc) is 2.38. The molecule has 0 spiro atoms. The van der Waals surface area contributed by atoms with Gasteiger partial charge in [-0.1, -0.05) is 33.6 Å². The molecule has 1 saturated carbocycles. The van der Waals surface area contributed by atoms with Gasteiger partial charge in [-0.05, 0) is 31.2 Å². The minimum Gasteiger partial charge on any atom is -0.316 e. The molecule has 0 heterocycles. The number of hydrogen-bond donors (Lipinski definition) is 1. The fourth-order valence-corrected chi connectivity index (χ4v) is 2.67. The van der Waals surface area contributed by atoms with Gasteiger partial charge in [0.2, 0.25) is 0 Å². The molecular formula is C11H23N. The Labute approximate surface area is 76.9 Å². The van der Waals surface area contributed by atoms with E-state index in [4.69, 9.17) is 0 Å². The molecule has 1 N–H and O–H groups in total. The van der Waals surface area contributed by atoms with Gasteiger partial charge in [0.25, 0.3) is 0 Å². The van der Waals surface area contributed by atoms with Gasteiger partial charge < -0.3 is 5.32 Å². The van der Waals surface area contributed by atoms with Crippen LogP contribution in [0.1, 0.15) is 46.5 Å². The van der Waals surface area contributed by atoms with Crippen LogP contribution in [0.2, 0.25) is 0 Å². The first-order chi connectivity index (χ1) is 5.55. The van der Waals surface area contributed by atoms with E-state index in [1.807, 2.05) is 0 Å². The van der Waals surface area contributed by atoms with E-state index in [0.717, 1.165) is 5.92 Å². The molecule has 1 fully saturated rings. The molecule has 1 nitrogen and oxygen atoms in total. The van der Waals surface area contributed by atoms with Gasteiger partial charge in [0.15, 0.2) is 0 Å². The minimum absolute atomic E-state index is 0.420. The van der Waals surface area contributed by atoms with Gasteiger partial charge in [-0.15, -0.1) is 0 Å². The first-order valence-electron chi connectivity index (χ1n) is 5.23. The summed E-state index contributed by atoms with van der Waals surface area (Å²) in [6.07, 6.45) is 5.75. The maximum atomic E-state index is 3.48. The summed E-state index contributed by atoms with van der Waals surface area (Å²) in [5.41, 5.74) is 0.420. The Morgan fingerprint density at radius 1 is 1.17 bits per heavy atom. The van der Waals surface area contributed by atoms with Crippen LogP contribution in [0.25, 0.3) is 0 Å². The molecule has 1 rings (SSSR count). The SMILES string of the molecule is CNC(C1CCCC1)C(C)(C)C. The number of hydrogen-bond acceptors (Lipinski definition) is 1. The van der Waals surface area contributed by atoms with Crippen LogP contribution in [0.15, 0.2) is 0 Å². The Hall–Kier alpha value is -0.0400. The van der Waals surface area contributed by atoms with Crippen LogP contribution < -0.4 is 5.32 Å². The normalized spacial score (nSPS) is 23.0. The van der Waals surface area contributed by atoms with E-state index in [1.54, 1.807) is 0 Å². The van der Waals surface area contributed by atoms with Crippen LogP contribution in [0.3, 0.4) is 0 Å². The second kappa shape index (κ2) is 3.78. The summed E-state index contributed by atoms with van der Waals surface area (Å²) in [4.78, 5) is 0. The third-order valence-corrected chi connectivity index (χ3v) is 3.12. The molecule has 0 aromatic carbocycles. The van der Waals surface area contributed by atoms with Crippen molar-refractivity contribution in [3.8, 4) is 0 Å². The predicted octanol–water partition coefficient (Wildman–Crippen LogP) is 2.81. The quantitative estimate of drug-likeness (QED) is 0.670. The molecule has 0 saturated heterocycles. The predicted molar refractivity (Wildman–Crippen MR) is 54.3 cm³/mol. The second-order valence-electron chi connectivity index (χ2n) is 5.18. The highest BCUT2D eigenvalue weighted by molar-refractivity contribution is 4.87. The molecule has 12 heavy (non-hydrogen) atoms. The molecule has 0 radical (unpaired) electrons. The maximum absolute atomic E-state index is 3.48. The molecule has 0 amide bonds. The van der Waals surface area contributed by atoms with Crippen molar-refractivity contribution in [2.75, 3.05) is 7.05 Å².